The van der Waals surface area contributed by atoms with E-state index in [2.05, 4.69) is 0 Å². The largest absolute Gasteiger partial charge is 0.489 e. The van der Waals surface area contributed by atoms with Crippen LogP contribution in [0.2, 0.25) is 0 Å². The van der Waals surface area contributed by atoms with Crippen LogP contribution in [0.15, 0.2) is 54.3 Å². The Kier molecular flexibility index (Phi) is 7.08. The molecule has 0 saturated carbocycles. The number of ether oxygens (including phenoxy) is 3. The molecule has 0 aliphatic rings. The lowest BCUT2D eigenvalue weighted by molar-refractivity contribution is -0.142. The van der Waals surface area contributed by atoms with E-state index in [9.17, 15) is 4.79 Å². The van der Waals surface area contributed by atoms with Gasteiger partial charge in [-0.1, -0.05) is 36.4 Å². The molecule has 2 aromatic rings. The van der Waals surface area contributed by atoms with Crippen LogP contribution in [0.3, 0.4) is 0 Å². The maximum atomic E-state index is 11.9. The maximum absolute atomic E-state index is 11.9. The molecule has 0 radical (unpaired) electrons. The van der Waals surface area contributed by atoms with E-state index in [0.717, 1.165) is 22.4 Å². The molecular formula is C21H24O4. The van der Waals surface area contributed by atoms with Gasteiger partial charge >= 0.3 is 5.97 Å². The molecule has 0 aromatic heterocycles. The van der Waals surface area contributed by atoms with Crippen molar-refractivity contribution < 1.29 is 19.0 Å². The van der Waals surface area contributed by atoms with Crippen molar-refractivity contribution in [3.8, 4) is 5.75 Å². The third-order valence-corrected chi connectivity index (χ3v) is 3.55. The summed E-state index contributed by atoms with van der Waals surface area (Å²) in [5.74, 6) is 0.547. The summed E-state index contributed by atoms with van der Waals surface area (Å²) in [5.41, 5.74) is 3.00. The van der Waals surface area contributed by atoms with Crippen molar-refractivity contribution >= 4 is 12.0 Å². The van der Waals surface area contributed by atoms with Gasteiger partial charge in [0.05, 0.1) is 13.2 Å². The molecule has 0 atom stereocenters. The summed E-state index contributed by atoms with van der Waals surface area (Å²) in [6.07, 6.45) is 1.71. The molecule has 2 aromatic carbocycles. The lowest BCUT2D eigenvalue weighted by Gasteiger charge is -2.11. The molecule has 2 rings (SSSR count). The van der Waals surface area contributed by atoms with Crippen molar-refractivity contribution in [2.45, 2.75) is 27.4 Å². The van der Waals surface area contributed by atoms with E-state index in [1.165, 1.54) is 0 Å². The molecule has 0 unspecified atom stereocenters. The SMILES string of the molecule is CCOC(=O)/C(=C\c1ccc(OCc2ccccc2)cc1C)OCC. The van der Waals surface area contributed by atoms with Crippen LogP contribution in [0.25, 0.3) is 6.08 Å². The molecule has 132 valence electrons. The number of benzene rings is 2. The summed E-state index contributed by atoms with van der Waals surface area (Å²) in [7, 11) is 0. The van der Waals surface area contributed by atoms with E-state index in [-0.39, 0.29) is 5.76 Å². The number of hydrogen-bond acceptors (Lipinski definition) is 4. The second-order valence-corrected chi connectivity index (χ2v) is 5.45. The van der Waals surface area contributed by atoms with Gasteiger partial charge in [0.25, 0.3) is 0 Å². The minimum absolute atomic E-state index is 0.213. The second kappa shape index (κ2) is 9.52. The number of carbonyl (C=O) groups is 1. The van der Waals surface area contributed by atoms with Crippen LogP contribution < -0.4 is 4.74 Å². The predicted octanol–water partition coefficient (Wildman–Crippen LogP) is 4.51. The standard InChI is InChI=1S/C21H24O4/c1-4-23-20(21(22)24-5-2)14-18-11-12-19(13-16(18)3)25-15-17-9-7-6-8-10-17/h6-14H,4-5,15H2,1-3H3/b20-14+. The van der Waals surface area contributed by atoms with Crippen molar-refractivity contribution in [1.29, 1.82) is 0 Å². The summed E-state index contributed by atoms with van der Waals surface area (Å²) in [6.45, 7) is 6.81. The summed E-state index contributed by atoms with van der Waals surface area (Å²) < 4.78 is 16.3. The van der Waals surface area contributed by atoms with Crippen LogP contribution in [-0.2, 0) is 20.9 Å². The zero-order valence-corrected chi connectivity index (χ0v) is 15.0. The van der Waals surface area contributed by atoms with Crippen LogP contribution >= 0.6 is 0 Å². The van der Waals surface area contributed by atoms with Gasteiger partial charge in [0.15, 0.2) is 0 Å². The first-order valence-corrected chi connectivity index (χ1v) is 8.43. The summed E-state index contributed by atoms with van der Waals surface area (Å²) in [5, 5.41) is 0. The fourth-order valence-corrected chi connectivity index (χ4v) is 2.30. The lowest BCUT2D eigenvalue weighted by atomic mass is 10.1. The zero-order chi connectivity index (χ0) is 18.1. The molecule has 0 spiro atoms. The minimum atomic E-state index is -0.451. The highest BCUT2D eigenvalue weighted by Crippen LogP contribution is 2.21. The number of aryl methyl sites for hydroxylation is 1. The first kappa shape index (κ1) is 18.6. The Balaban J connectivity index is 2.11. The van der Waals surface area contributed by atoms with Crippen LogP contribution in [0.4, 0.5) is 0 Å². The molecule has 0 saturated heterocycles. The van der Waals surface area contributed by atoms with Crippen molar-refractivity contribution in [3.63, 3.8) is 0 Å². The van der Waals surface area contributed by atoms with Gasteiger partial charge in [-0.2, -0.15) is 0 Å². The van der Waals surface area contributed by atoms with E-state index >= 15 is 0 Å². The highest BCUT2D eigenvalue weighted by atomic mass is 16.6. The fourth-order valence-electron chi connectivity index (χ4n) is 2.30. The average molecular weight is 340 g/mol. The normalized spacial score (nSPS) is 11.1. The first-order valence-electron chi connectivity index (χ1n) is 8.43. The van der Waals surface area contributed by atoms with E-state index < -0.39 is 5.97 Å². The van der Waals surface area contributed by atoms with Crippen LogP contribution in [-0.4, -0.2) is 19.2 Å². The van der Waals surface area contributed by atoms with Gasteiger partial charge in [-0.25, -0.2) is 4.79 Å². The van der Waals surface area contributed by atoms with Gasteiger partial charge in [0.2, 0.25) is 5.76 Å². The monoisotopic (exact) mass is 340 g/mol. The average Bonchev–Trinajstić information content (AvgIpc) is 2.62. The molecule has 4 heteroatoms. The van der Waals surface area contributed by atoms with Crippen molar-refractivity contribution in [2.75, 3.05) is 13.2 Å². The van der Waals surface area contributed by atoms with Crippen LogP contribution in [0.5, 0.6) is 5.75 Å². The van der Waals surface area contributed by atoms with Gasteiger partial charge in [0.1, 0.15) is 12.4 Å². The predicted molar refractivity (Wildman–Crippen MR) is 98.2 cm³/mol. The smallest absolute Gasteiger partial charge is 0.373 e. The van der Waals surface area contributed by atoms with Crippen LogP contribution in [0.1, 0.15) is 30.5 Å². The van der Waals surface area contributed by atoms with Crippen molar-refractivity contribution in [2.24, 2.45) is 0 Å². The first-order chi connectivity index (χ1) is 12.1. The number of hydrogen-bond donors (Lipinski definition) is 0. The Morgan fingerprint density at radius 1 is 1.00 bits per heavy atom. The number of esters is 1. The van der Waals surface area contributed by atoms with Gasteiger partial charge in [0, 0.05) is 0 Å². The van der Waals surface area contributed by atoms with E-state index in [1.807, 2.05) is 62.4 Å². The molecule has 0 aliphatic heterocycles. The molecule has 0 heterocycles. The molecule has 4 nitrogen and oxygen atoms in total. The molecule has 0 amide bonds. The second-order valence-electron chi connectivity index (χ2n) is 5.45. The van der Waals surface area contributed by atoms with E-state index in [4.69, 9.17) is 14.2 Å². The van der Waals surface area contributed by atoms with Gasteiger partial charge in [-0.15, -0.1) is 0 Å². The Bertz CT molecular complexity index is 720. The molecule has 0 aliphatic carbocycles. The van der Waals surface area contributed by atoms with Crippen molar-refractivity contribution in [3.05, 3.63) is 71.0 Å². The third-order valence-electron chi connectivity index (χ3n) is 3.55. The highest BCUT2D eigenvalue weighted by Gasteiger charge is 2.12. The van der Waals surface area contributed by atoms with E-state index in [1.54, 1.807) is 13.0 Å². The molecule has 0 fully saturated rings. The maximum Gasteiger partial charge on any atom is 0.373 e. The Morgan fingerprint density at radius 3 is 2.36 bits per heavy atom. The third kappa shape index (κ3) is 5.68. The summed E-state index contributed by atoms with van der Waals surface area (Å²) in [4.78, 5) is 11.9. The molecular weight excluding hydrogens is 316 g/mol. The van der Waals surface area contributed by atoms with E-state index in [0.29, 0.717) is 19.8 Å². The molecule has 25 heavy (non-hydrogen) atoms. The van der Waals surface area contributed by atoms with Crippen molar-refractivity contribution in [1.82, 2.24) is 0 Å². The molecule has 0 bridgehead atoms. The number of rotatable bonds is 8. The van der Waals surface area contributed by atoms with Gasteiger partial charge in [-0.3, -0.25) is 0 Å². The van der Waals surface area contributed by atoms with Gasteiger partial charge in [-0.05, 0) is 55.7 Å². The zero-order valence-electron chi connectivity index (χ0n) is 15.0. The summed E-state index contributed by atoms with van der Waals surface area (Å²) >= 11 is 0. The number of carbonyl (C=O) groups excluding carboxylic acids is 1. The molecule has 0 N–H and O–H groups in total. The van der Waals surface area contributed by atoms with Crippen LogP contribution in [0, 0.1) is 6.92 Å². The summed E-state index contributed by atoms with van der Waals surface area (Å²) in [6, 6.07) is 15.8. The Morgan fingerprint density at radius 2 is 1.72 bits per heavy atom. The van der Waals surface area contributed by atoms with Gasteiger partial charge < -0.3 is 14.2 Å². The highest BCUT2D eigenvalue weighted by molar-refractivity contribution is 5.91. The topological polar surface area (TPSA) is 44.8 Å². The minimum Gasteiger partial charge on any atom is -0.489 e. The Hall–Kier alpha value is -2.75. The lowest BCUT2D eigenvalue weighted by Crippen LogP contribution is -2.10. The Labute approximate surface area is 149 Å². The fraction of sp³-hybridized carbons (Fsp3) is 0.286. The quantitative estimate of drug-likeness (QED) is 0.403.